The van der Waals surface area contributed by atoms with Crippen LogP contribution < -0.4 is 5.32 Å². The van der Waals surface area contributed by atoms with Crippen molar-refractivity contribution in [2.75, 3.05) is 23.4 Å². The van der Waals surface area contributed by atoms with E-state index in [-0.39, 0.29) is 0 Å². The first kappa shape index (κ1) is 13.8. The van der Waals surface area contributed by atoms with E-state index in [0.29, 0.717) is 12.4 Å². The summed E-state index contributed by atoms with van der Waals surface area (Å²) in [6.07, 6.45) is -2.64. The van der Waals surface area contributed by atoms with Crippen molar-refractivity contribution in [3.05, 3.63) is 30.5 Å². The minimum Gasteiger partial charge on any atom is -0.368 e. The van der Waals surface area contributed by atoms with E-state index >= 15 is 0 Å². The maximum Gasteiger partial charge on any atom is 0.435 e. The molecule has 17 heavy (non-hydrogen) atoms. The predicted molar refractivity (Wildman–Crippen MR) is 63.0 cm³/mol. The molecule has 0 atom stereocenters. The fourth-order valence-corrected chi connectivity index (χ4v) is 1.58. The Hall–Kier alpha value is -1.24. The topological polar surface area (TPSA) is 37.8 Å². The molecule has 0 saturated carbocycles. The number of anilines is 1. The van der Waals surface area contributed by atoms with E-state index in [2.05, 4.69) is 22.1 Å². The Labute approximate surface area is 102 Å². The average molecular weight is 263 g/mol. The van der Waals surface area contributed by atoms with Gasteiger partial charge in [0, 0.05) is 18.1 Å². The van der Waals surface area contributed by atoms with Crippen LogP contribution in [0.5, 0.6) is 0 Å². The highest BCUT2D eigenvalue weighted by Gasteiger charge is 2.32. The number of nitrogens with one attached hydrogen (secondary N) is 1. The lowest BCUT2D eigenvalue weighted by Crippen LogP contribution is -2.11. The molecule has 0 aliphatic heterocycles. The summed E-state index contributed by atoms with van der Waals surface area (Å²) in [7, 11) is 0. The van der Waals surface area contributed by atoms with Gasteiger partial charge in [-0.25, -0.2) is 0 Å². The van der Waals surface area contributed by atoms with Crippen LogP contribution >= 0.6 is 11.8 Å². The molecule has 0 amide bonds. The van der Waals surface area contributed by atoms with Gasteiger partial charge in [0.1, 0.15) is 5.82 Å². The van der Waals surface area contributed by atoms with E-state index in [1.54, 1.807) is 17.8 Å². The van der Waals surface area contributed by atoms with Gasteiger partial charge in [-0.05, 0) is 12.1 Å². The Balaban J connectivity index is 2.38. The quantitative estimate of drug-likeness (QED) is 0.632. The largest absolute Gasteiger partial charge is 0.435 e. The molecular weight excluding hydrogens is 251 g/mol. The molecule has 0 aromatic carbocycles. The zero-order chi connectivity index (χ0) is 12.7. The first-order chi connectivity index (χ1) is 8.04. The van der Waals surface area contributed by atoms with Gasteiger partial charge in [0.15, 0.2) is 5.69 Å². The number of thioether (sulfide) groups is 1. The third-order valence-electron chi connectivity index (χ3n) is 1.74. The molecule has 3 nitrogen and oxygen atoms in total. The summed E-state index contributed by atoms with van der Waals surface area (Å²) in [4.78, 5) is 0. The second-order valence-electron chi connectivity index (χ2n) is 3.09. The first-order valence-electron chi connectivity index (χ1n) is 4.87. The van der Waals surface area contributed by atoms with Crippen molar-refractivity contribution in [3.8, 4) is 0 Å². The van der Waals surface area contributed by atoms with Gasteiger partial charge in [-0.2, -0.15) is 24.9 Å². The minimum absolute atomic E-state index is 0.345. The van der Waals surface area contributed by atoms with Crippen molar-refractivity contribution < 1.29 is 13.2 Å². The van der Waals surface area contributed by atoms with Crippen LogP contribution in [0.2, 0.25) is 0 Å². The Bertz CT molecular complexity index is 351. The summed E-state index contributed by atoms with van der Waals surface area (Å²) in [6, 6.07) is 2.18. The minimum atomic E-state index is -4.44. The van der Waals surface area contributed by atoms with E-state index in [9.17, 15) is 13.2 Å². The summed E-state index contributed by atoms with van der Waals surface area (Å²) in [5.41, 5.74) is -0.982. The normalized spacial score (nSPS) is 11.2. The zero-order valence-corrected chi connectivity index (χ0v) is 9.81. The van der Waals surface area contributed by atoms with E-state index in [1.165, 1.54) is 6.07 Å². The van der Waals surface area contributed by atoms with E-state index in [4.69, 9.17) is 0 Å². The summed E-state index contributed by atoms with van der Waals surface area (Å²) >= 11 is 1.67. The smallest absolute Gasteiger partial charge is 0.368 e. The van der Waals surface area contributed by atoms with Crippen molar-refractivity contribution >= 4 is 17.6 Å². The Morgan fingerprint density at radius 2 is 2.12 bits per heavy atom. The fourth-order valence-electron chi connectivity index (χ4n) is 0.996. The van der Waals surface area contributed by atoms with Crippen molar-refractivity contribution in [1.29, 1.82) is 0 Å². The fraction of sp³-hybridized carbons (Fsp3) is 0.400. The SMILES string of the molecule is C=CCSCCNc1ccc(C(F)(F)F)nn1. The lowest BCUT2D eigenvalue weighted by molar-refractivity contribution is -0.141. The molecule has 0 aliphatic rings. The Kier molecular flexibility index (Phi) is 5.27. The maximum absolute atomic E-state index is 12.2. The Morgan fingerprint density at radius 1 is 1.35 bits per heavy atom. The summed E-state index contributed by atoms with van der Waals surface area (Å²) < 4.78 is 36.5. The highest BCUT2D eigenvalue weighted by Crippen LogP contribution is 2.26. The number of hydrogen-bond acceptors (Lipinski definition) is 4. The van der Waals surface area contributed by atoms with Crippen LogP contribution in [0.3, 0.4) is 0 Å². The molecular formula is C10H12F3N3S. The lowest BCUT2D eigenvalue weighted by Gasteiger charge is -2.06. The van der Waals surface area contributed by atoms with Gasteiger partial charge in [0.25, 0.3) is 0 Å². The summed E-state index contributed by atoms with van der Waals surface area (Å²) in [6.45, 7) is 4.20. The number of nitrogens with zero attached hydrogens (tertiary/aromatic N) is 2. The highest BCUT2D eigenvalue weighted by atomic mass is 32.2. The van der Waals surface area contributed by atoms with Gasteiger partial charge < -0.3 is 5.32 Å². The molecule has 1 N–H and O–H groups in total. The molecule has 0 spiro atoms. The third-order valence-corrected chi connectivity index (χ3v) is 2.71. The predicted octanol–water partition coefficient (Wildman–Crippen LogP) is 2.83. The van der Waals surface area contributed by atoms with E-state index < -0.39 is 11.9 Å². The van der Waals surface area contributed by atoms with Crippen molar-refractivity contribution in [1.82, 2.24) is 10.2 Å². The van der Waals surface area contributed by atoms with Gasteiger partial charge in [0.2, 0.25) is 0 Å². The zero-order valence-electron chi connectivity index (χ0n) is 9.00. The van der Waals surface area contributed by atoms with Crippen LogP contribution in [0.25, 0.3) is 0 Å². The molecule has 0 radical (unpaired) electrons. The van der Waals surface area contributed by atoms with Gasteiger partial charge in [-0.3, -0.25) is 0 Å². The maximum atomic E-state index is 12.2. The standard InChI is InChI=1S/C10H12F3N3S/c1-2-6-17-7-5-14-9-4-3-8(15-16-9)10(11,12)13/h2-4H,1,5-7H2,(H,14,16). The summed E-state index contributed by atoms with van der Waals surface area (Å²) in [5.74, 6) is 2.02. The monoisotopic (exact) mass is 263 g/mol. The molecule has 0 aliphatic carbocycles. The van der Waals surface area contributed by atoms with Gasteiger partial charge in [-0.15, -0.1) is 16.8 Å². The molecule has 0 saturated heterocycles. The van der Waals surface area contributed by atoms with Gasteiger partial charge in [0.05, 0.1) is 0 Å². The van der Waals surface area contributed by atoms with Crippen LogP contribution in [-0.2, 0) is 6.18 Å². The van der Waals surface area contributed by atoms with Gasteiger partial charge >= 0.3 is 6.18 Å². The molecule has 0 fully saturated rings. The molecule has 1 rings (SSSR count). The molecule has 1 heterocycles. The van der Waals surface area contributed by atoms with Crippen LogP contribution in [0.1, 0.15) is 5.69 Å². The highest BCUT2D eigenvalue weighted by molar-refractivity contribution is 7.99. The molecule has 0 bridgehead atoms. The number of alkyl halides is 3. The van der Waals surface area contributed by atoms with Crippen molar-refractivity contribution in [2.45, 2.75) is 6.18 Å². The number of hydrogen-bond donors (Lipinski definition) is 1. The van der Waals surface area contributed by atoms with Crippen LogP contribution in [-0.4, -0.2) is 28.2 Å². The van der Waals surface area contributed by atoms with Crippen molar-refractivity contribution in [2.24, 2.45) is 0 Å². The molecule has 94 valence electrons. The number of rotatable bonds is 6. The van der Waals surface area contributed by atoms with Crippen LogP contribution in [0, 0.1) is 0 Å². The third kappa shape index (κ3) is 5.08. The molecule has 1 aromatic rings. The average Bonchev–Trinajstić information content (AvgIpc) is 2.28. The Morgan fingerprint density at radius 3 is 2.65 bits per heavy atom. The number of aromatic nitrogens is 2. The van der Waals surface area contributed by atoms with Crippen molar-refractivity contribution in [3.63, 3.8) is 0 Å². The first-order valence-corrected chi connectivity index (χ1v) is 6.03. The second-order valence-corrected chi connectivity index (χ2v) is 4.24. The molecule has 0 unspecified atom stereocenters. The lowest BCUT2D eigenvalue weighted by atomic mass is 10.4. The number of halogens is 3. The van der Waals surface area contributed by atoms with Crippen LogP contribution in [0.4, 0.5) is 19.0 Å². The summed E-state index contributed by atoms with van der Waals surface area (Å²) in [5, 5.41) is 9.44. The van der Waals surface area contributed by atoms with E-state index in [1.807, 2.05) is 0 Å². The van der Waals surface area contributed by atoms with E-state index in [0.717, 1.165) is 17.6 Å². The second kappa shape index (κ2) is 6.48. The van der Waals surface area contributed by atoms with Gasteiger partial charge in [-0.1, -0.05) is 6.08 Å². The molecule has 1 aromatic heterocycles. The van der Waals surface area contributed by atoms with Crippen LogP contribution in [0.15, 0.2) is 24.8 Å². The molecule has 7 heteroatoms.